The lowest BCUT2D eigenvalue weighted by molar-refractivity contribution is 0.272. The third-order valence-electron chi connectivity index (χ3n) is 2.33. The average Bonchev–Trinajstić information content (AvgIpc) is 2.30. The van der Waals surface area contributed by atoms with Crippen molar-refractivity contribution in [2.24, 2.45) is 0 Å². The van der Waals surface area contributed by atoms with E-state index in [1.807, 2.05) is 0 Å². The van der Waals surface area contributed by atoms with Gasteiger partial charge < -0.3 is 0 Å². The number of hydrogen-bond donors (Lipinski definition) is 0. The molecule has 1 aliphatic heterocycles. The van der Waals surface area contributed by atoms with Gasteiger partial charge >= 0.3 is 0 Å². The summed E-state index contributed by atoms with van der Waals surface area (Å²) < 4.78 is 37.2. The van der Waals surface area contributed by atoms with Gasteiger partial charge in [-0.15, -0.1) is 0 Å². The molecule has 1 fully saturated rings. The smallest absolute Gasteiger partial charge is 0.213 e. The highest BCUT2D eigenvalue weighted by Gasteiger charge is 2.25. The van der Waals surface area contributed by atoms with Crippen LogP contribution in [-0.4, -0.2) is 37.7 Å². The Balaban J connectivity index is 2.68. The molecule has 1 unspecified atom stereocenters. The zero-order valence-corrected chi connectivity index (χ0v) is 8.69. The van der Waals surface area contributed by atoms with E-state index in [4.69, 9.17) is 0 Å². The zero-order valence-electron chi connectivity index (χ0n) is 7.87. The predicted octanol–water partition coefficient (Wildman–Crippen LogP) is 1.16. The van der Waals surface area contributed by atoms with E-state index in [0.29, 0.717) is 13.0 Å². The highest BCUT2D eigenvalue weighted by molar-refractivity contribution is 7.89. The lowest BCUT2D eigenvalue weighted by Gasteiger charge is -2.19. The van der Waals surface area contributed by atoms with E-state index < -0.39 is 16.2 Å². The monoisotopic (exact) mass is 209 g/mol. The molecule has 0 bridgehead atoms. The lowest BCUT2D eigenvalue weighted by atomic mass is 10.2. The highest BCUT2D eigenvalue weighted by Crippen LogP contribution is 2.16. The van der Waals surface area contributed by atoms with E-state index in [-0.39, 0.29) is 12.3 Å². The van der Waals surface area contributed by atoms with Gasteiger partial charge in [-0.05, 0) is 26.2 Å². The van der Waals surface area contributed by atoms with Gasteiger partial charge in [0.05, 0.1) is 5.75 Å². The Bertz CT molecular complexity index is 253. The van der Waals surface area contributed by atoms with Gasteiger partial charge in [0, 0.05) is 13.1 Å². The van der Waals surface area contributed by atoms with Crippen molar-refractivity contribution in [2.75, 3.05) is 18.8 Å². The number of alkyl halides is 1. The first kappa shape index (κ1) is 10.9. The molecule has 1 rings (SSSR count). The van der Waals surface area contributed by atoms with Crippen molar-refractivity contribution in [1.82, 2.24) is 4.31 Å². The van der Waals surface area contributed by atoms with Gasteiger partial charge in [0.15, 0.2) is 0 Å². The molecular formula is C8H16FNO2S. The summed E-state index contributed by atoms with van der Waals surface area (Å²) in [6.45, 7) is 2.13. The van der Waals surface area contributed by atoms with Crippen LogP contribution in [0.15, 0.2) is 0 Å². The minimum absolute atomic E-state index is 0.0518. The van der Waals surface area contributed by atoms with E-state index in [1.165, 1.54) is 4.31 Å². The SMILES string of the molecule is CCS(=O)(=O)N1CCCCC(F)C1. The molecule has 3 nitrogen and oxygen atoms in total. The molecule has 0 radical (unpaired) electrons. The standard InChI is InChI=1S/C8H16FNO2S/c1-2-13(11,12)10-6-4-3-5-8(9)7-10/h8H,2-7H2,1H3. The van der Waals surface area contributed by atoms with Gasteiger partial charge in [-0.25, -0.2) is 12.8 Å². The van der Waals surface area contributed by atoms with Gasteiger partial charge in [0.1, 0.15) is 6.17 Å². The van der Waals surface area contributed by atoms with Gasteiger partial charge in [0.25, 0.3) is 0 Å². The van der Waals surface area contributed by atoms with E-state index in [1.54, 1.807) is 6.92 Å². The van der Waals surface area contributed by atoms with Crippen molar-refractivity contribution >= 4 is 10.0 Å². The van der Waals surface area contributed by atoms with Crippen molar-refractivity contribution in [1.29, 1.82) is 0 Å². The fraction of sp³-hybridized carbons (Fsp3) is 1.00. The van der Waals surface area contributed by atoms with Gasteiger partial charge in [-0.2, -0.15) is 4.31 Å². The third-order valence-corrected chi connectivity index (χ3v) is 4.18. The van der Waals surface area contributed by atoms with Crippen molar-refractivity contribution in [2.45, 2.75) is 32.4 Å². The maximum Gasteiger partial charge on any atom is 0.213 e. The third kappa shape index (κ3) is 2.91. The normalized spacial score (nSPS) is 27.1. The molecule has 0 spiro atoms. The molecule has 5 heteroatoms. The van der Waals surface area contributed by atoms with Crippen LogP contribution in [0, 0.1) is 0 Å². The summed E-state index contributed by atoms with van der Waals surface area (Å²) in [5.41, 5.74) is 0. The van der Waals surface area contributed by atoms with Gasteiger partial charge in [0.2, 0.25) is 10.0 Å². The van der Waals surface area contributed by atoms with Crippen LogP contribution in [0.4, 0.5) is 4.39 Å². The molecule has 1 aliphatic rings. The predicted molar refractivity (Wildman–Crippen MR) is 49.8 cm³/mol. The molecule has 0 aliphatic carbocycles. The molecular weight excluding hydrogens is 193 g/mol. The second-order valence-corrected chi connectivity index (χ2v) is 5.61. The fourth-order valence-corrected chi connectivity index (χ4v) is 2.65. The lowest BCUT2D eigenvalue weighted by Crippen LogP contribution is -2.36. The van der Waals surface area contributed by atoms with Crippen LogP contribution in [0.2, 0.25) is 0 Å². The maximum absolute atomic E-state index is 13.1. The number of nitrogens with zero attached hydrogens (tertiary/aromatic N) is 1. The van der Waals surface area contributed by atoms with Crippen molar-refractivity contribution in [3.63, 3.8) is 0 Å². The molecule has 1 heterocycles. The van der Waals surface area contributed by atoms with Crippen LogP contribution < -0.4 is 0 Å². The Morgan fingerprint density at radius 2 is 2.15 bits per heavy atom. The quantitative estimate of drug-likeness (QED) is 0.684. The number of sulfonamides is 1. The fourth-order valence-electron chi connectivity index (χ4n) is 1.49. The Morgan fingerprint density at radius 1 is 1.46 bits per heavy atom. The summed E-state index contributed by atoms with van der Waals surface area (Å²) in [4.78, 5) is 0. The van der Waals surface area contributed by atoms with Crippen LogP contribution in [0.5, 0.6) is 0 Å². The minimum atomic E-state index is -3.18. The second-order valence-electron chi connectivity index (χ2n) is 3.35. The molecule has 13 heavy (non-hydrogen) atoms. The first-order chi connectivity index (χ1) is 6.06. The van der Waals surface area contributed by atoms with E-state index in [0.717, 1.165) is 12.8 Å². The molecule has 0 N–H and O–H groups in total. The Hall–Kier alpha value is -0.160. The minimum Gasteiger partial charge on any atom is -0.246 e. The first-order valence-corrected chi connectivity index (χ1v) is 6.29. The van der Waals surface area contributed by atoms with Crippen LogP contribution in [0.1, 0.15) is 26.2 Å². The molecule has 0 aromatic heterocycles. The summed E-state index contributed by atoms with van der Waals surface area (Å²) in [6.07, 6.45) is 1.08. The van der Waals surface area contributed by atoms with Gasteiger partial charge in [-0.3, -0.25) is 0 Å². The van der Waals surface area contributed by atoms with Crippen LogP contribution in [0.25, 0.3) is 0 Å². The summed E-state index contributed by atoms with van der Waals surface area (Å²) >= 11 is 0. The molecule has 0 amide bonds. The molecule has 1 atom stereocenters. The molecule has 78 valence electrons. The van der Waals surface area contributed by atoms with Crippen molar-refractivity contribution < 1.29 is 12.8 Å². The largest absolute Gasteiger partial charge is 0.246 e. The Labute approximate surface area is 79.0 Å². The average molecular weight is 209 g/mol. The van der Waals surface area contributed by atoms with Gasteiger partial charge in [-0.1, -0.05) is 0 Å². The molecule has 0 aromatic rings. The Morgan fingerprint density at radius 3 is 2.77 bits per heavy atom. The summed E-state index contributed by atoms with van der Waals surface area (Å²) in [5, 5.41) is 0. The number of rotatable bonds is 2. The first-order valence-electron chi connectivity index (χ1n) is 4.68. The molecule has 0 saturated carbocycles. The number of halogens is 1. The molecule has 1 saturated heterocycles. The summed E-state index contributed by atoms with van der Waals surface area (Å²) in [5.74, 6) is 0.0692. The highest BCUT2D eigenvalue weighted by atomic mass is 32.2. The summed E-state index contributed by atoms with van der Waals surface area (Å²) in [7, 11) is -3.18. The van der Waals surface area contributed by atoms with Crippen LogP contribution in [-0.2, 0) is 10.0 Å². The Kier molecular flexibility index (Phi) is 3.67. The van der Waals surface area contributed by atoms with Crippen LogP contribution in [0.3, 0.4) is 0 Å². The van der Waals surface area contributed by atoms with Crippen molar-refractivity contribution in [3.05, 3.63) is 0 Å². The van der Waals surface area contributed by atoms with E-state index in [9.17, 15) is 12.8 Å². The van der Waals surface area contributed by atoms with E-state index in [2.05, 4.69) is 0 Å². The summed E-state index contributed by atoms with van der Waals surface area (Å²) in [6, 6.07) is 0. The topological polar surface area (TPSA) is 37.4 Å². The number of hydrogen-bond acceptors (Lipinski definition) is 2. The second kappa shape index (κ2) is 4.37. The van der Waals surface area contributed by atoms with Crippen molar-refractivity contribution in [3.8, 4) is 0 Å². The maximum atomic E-state index is 13.1. The van der Waals surface area contributed by atoms with E-state index >= 15 is 0 Å². The zero-order chi connectivity index (χ0) is 9.90. The van der Waals surface area contributed by atoms with Crippen LogP contribution >= 0.6 is 0 Å². The molecule has 0 aromatic carbocycles.